The van der Waals surface area contributed by atoms with Gasteiger partial charge in [0.25, 0.3) is 0 Å². The highest BCUT2D eigenvalue weighted by Gasteiger charge is 2.19. The van der Waals surface area contributed by atoms with Crippen molar-refractivity contribution in [3.05, 3.63) is 48.8 Å². The van der Waals surface area contributed by atoms with Gasteiger partial charge in [-0.25, -0.2) is 4.98 Å². The van der Waals surface area contributed by atoms with Crippen LogP contribution in [0.2, 0.25) is 0 Å². The lowest BCUT2D eigenvalue weighted by atomic mass is 9.93. The van der Waals surface area contributed by atoms with Crippen molar-refractivity contribution < 1.29 is 5.11 Å². The summed E-state index contributed by atoms with van der Waals surface area (Å²) in [5, 5.41) is 13.5. The van der Waals surface area contributed by atoms with Crippen LogP contribution in [-0.4, -0.2) is 10.1 Å². The first kappa shape index (κ1) is 16.1. The fourth-order valence-corrected chi connectivity index (χ4v) is 3.74. The summed E-state index contributed by atoms with van der Waals surface area (Å²) in [4.78, 5) is 4.63. The normalized spacial score (nSPS) is 13.5. The first-order valence-electron chi connectivity index (χ1n) is 6.35. The van der Waals surface area contributed by atoms with Crippen molar-refractivity contribution in [1.82, 2.24) is 4.98 Å². The Labute approximate surface area is 140 Å². The molecule has 0 spiro atoms. The second-order valence-corrected chi connectivity index (χ2v) is 8.47. The molecule has 0 aliphatic carbocycles. The Balaban J connectivity index is 2.17. The van der Waals surface area contributed by atoms with Crippen molar-refractivity contribution in [3.8, 4) is 0 Å². The maximum absolute atomic E-state index is 10.4. The first-order valence-corrected chi connectivity index (χ1v) is 8.82. The van der Waals surface area contributed by atoms with Crippen molar-refractivity contribution in [2.75, 3.05) is 0 Å². The zero-order valence-electron chi connectivity index (χ0n) is 11.7. The molecule has 0 aliphatic rings. The van der Waals surface area contributed by atoms with Gasteiger partial charge in [-0.3, -0.25) is 0 Å². The van der Waals surface area contributed by atoms with Crippen LogP contribution >= 0.6 is 43.2 Å². The maximum atomic E-state index is 10.4. The molecule has 0 fully saturated rings. The molecule has 1 N–H and O–H groups in total. The van der Waals surface area contributed by atoms with E-state index in [-0.39, 0.29) is 5.41 Å². The molecule has 0 radical (unpaired) electrons. The van der Waals surface area contributed by atoms with Gasteiger partial charge < -0.3 is 5.11 Å². The number of thiazole rings is 1. The fourth-order valence-electron chi connectivity index (χ4n) is 1.79. The van der Waals surface area contributed by atoms with Crippen molar-refractivity contribution in [3.63, 3.8) is 0 Å². The summed E-state index contributed by atoms with van der Waals surface area (Å²) in [6.07, 6.45) is -0.0173. The van der Waals surface area contributed by atoms with Crippen LogP contribution in [0.25, 0.3) is 0 Å². The number of nitrogens with zero attached hydrogens (tertiary/aromatic N) is 1. The SMILES string of the molecule is CC(C)(C)c1csc(CC(O)c2cc(Br)ccc2Br)n1. The van der Waals surface area contributed by atoms with Gasteiger partial charge in [0.15, 0.2) is 0 Å². The molecule has 1 atom stereocenters. The van der Waals surface area contributed by atoms with E-state index >= 15 is 0 Å². The number of hydrogen-bond acceptors (Lipinski definition) is 3. The van der Waals surface area contributed by atoms with Crippen LogP contribution in [0.4, 0.5) is 0 Å². The molecule has 108 valence electrons. The summed E-state index contributed by atoms with van der Waals surface area (Å²) >= 11 is 8.53. The largest absolute Gasteiger partial charge is 0.388 e. The molecule has 20 heavy (non-hydrogen) atoms. The summed E-state index contributed by atoms with van der Waals surface area (Å²) in [7, 11) is 0. The Hall–Kier alpha value is -0.230. The third-order valence-corrected chi connectivity index (χ3v) is 5.09. The van der Waals surface area contributed by atoms with Crippen molar-refractivity contribution in [1.29, 1.82) is 0 Å². The van der Waals surface area contributed by atoms with E-state index in [4.69, 9.17) is 0 Å². The van der Waals surface area contributed by atoms with Crippen LogP contribution in [0.3, 0.4) is 0 Å². The molecule has 0 aliphatic heterocycles. The van der Waals surface area contributed by atoms with E-state index in [1.807, 2.05) is 18.2 Å². The standard InChI is InChI=1S/C15H17Br2NOS/c1-15(2,3)13-8-20-14(18-13)7-12(19)10-6-9(16)4-5-11(10)17/h4-6,8,12,19H,7H2,1-3H3. The zero-order chi connectivity index (χ0) is 14.9. The van der Waals surface area contributed by atoms with Gasteiger partial charge >= 0.3 is 0 Å². The highest BCUT2D eigenvalue weighted by atomic mass is 79.9. The Morgan fingerprint density at radius 3 is 2.60 bits per heavy atom. The monoisotopic (exact) mass is 417 g/mol. The van der Waals surface area contributed by atoms with E-state index < -0.39 is 6.10 Å². The number of aliphatic hydroxyl groups is 1. The smallest absolute Gasteiger partial charge is 0.0957 e. The summed E-state index contributed by atoms with van der Waals surface area (Å²) in [5.74, 6) is 0. The van der Waals surface area contributed by atoms with Crippen molar-refractivity contribution >= 4 is 43.2 Å². The summed E-state index contributed by atoms with van der Waals surface area (Å²) in [6, 6.07) is 5.82. The molecule has 0 bridgehead atoms. The van der Waals surface area contributed by atoms with Gasteiger partial charge in [0.05, 0.1) is 16.8 Å². The molecular weight excluding hydrogens is 402 g/mol. The zero-order valence-corrected chi connectivity index (χ0v) is 15.6. The van der Waals surface area contributed by atoms with Gasteiger partial charge in [-0.1, -0.05) is 52.6 Å². The average molecular weight is 419 g/mol. The third-order valence-electron chi connectivity index (χ3n) is 3.01. The first-order chi connectivity index (χ1) is 9.27. The molecule has 1 unspecified atom stereocenters. The second kappa shape index (κ2) is 6.26. The molecule has 2 rings (SSSR count). The van der Waals surface area contributed by atoms with Crippen LogP contribution in [0, 0.1) is 0 Å². The third kappa shape index (κ3) is 3.91. The van der Waals surface area contributed by atoms with E-state index in [2.05, 4.69) is 63.0 Å². The van der Waals surface area contributed by atoms with Crippen molar-refractivity contribution in [2.45, 2.75) is 38.7 Å². The molecule has 2 nitrogen and oxygen atoms in total. The number of rotatable bonds is 3. The van der Waals surface area contributed by atoms with Gasteiger partial charge in [0.2, 0.25) is 0 Å². The Morgan fingerprint density at radius 1 is 1.30 bits per heavy atom. The van der Waals surface area contributed by atoms with Gasteiger partial charge in [-0.05, 0) is 23.8 Å². The van der Waals surface area contributed by atoms with Gasteiger partial charge in [0.1, 0.15) is 0 Å². The van der Waals surface area contributed by atoms with Gasteiger partial charge in [-0.2, -0.15) is 0 Å². The minimum absolute atomic E-state index is 0.0516. The van der Waals surface area contributed by atoms with E-state index in [1.54, 1.807) is 11.3 Å². The number of aliphatic hydroxyl groups excluding tert-OH is 1. The minimum Gasteiger partial charge on any atom is -0.388 e. The van der Waals surface area contributed by atoms with Crippen LogP contribution in [0.5, 0.6) is 0 Å². The lowest BCUT2D eigenvalue weighted by molar-refractivity contribution is 0.177. The lowest BCUT2D eigenvalue weighted by Gasteiger charge is -2.15. The number of hydrogen-bond donors (Lipinski definition) is 1. The van der Waals surface area contributed by atoms with Gasteiger partial charge in [-0.15, -0.1) is 11.3 Å². The quantitative estimate of drug-likeness (QED) is 0.738. The van der Waals surface area contributed by atoms with E-state index in [0.717, 1.165) is 25.2 Å². The number of aromatic nitrogens is 1. The summed E-state index contributed by atoms with van der Waals surface area (Å²) in [5.41, 5.74) is 2.01. The predicted octanol–water partition coefficient (Wildman–Crippen LogP) is 5.24. The van der Waals surface area contributed by atoms with Crippen LogP contribution < -0.4 is 0 Å². The predicted molar refractivity (Wildman–Crippen MR) is 91.3 cm³/mol. The molecule has 0 amide bonds. The highest BCUT2D eigenvalue weighted by molar-refractivity contribution is 9.11. The highest BCUT2D eigenvalue weighted by Crippen LogP contribution is 2.31. The fraction of sp³-hybridized carbons (Fsp3) is 0.400. The minimum atomic E-state index is -0.555. The van der Waals surface area contributed by atoms with Crippen LogP contribution in [0.1, 0.15) is 43.1 Å². The number of halogens is 2. The second-order valence-electron chi connectivity index (χ2n) is 5.76. The number of benzene rings is 1. The average Bonchev–Trinajstić information content (AvgIpc) is 2.80. The summed E-state index contributed by atoms with van der Waals surface area (Å²) in [6.45, 7) is 6.44. The molecule has 0 saturated heterocycles. The lowest BCUT2D eigenvalue weighted by Crippen LogP contribution is -2.12. The maximum Gasteiger partial charge on any atom is 0.0957 e. The van der Waals surface area contributed by atoms with E-state index in [9.17, 15) is 5.11 Å². The van der Waals surface area contributed by atoms with Crippen LogP contribution in [-0.2, 0) is 11.8 Å². The molecule has 1 heterocycles. The van der Waals surface area contributed by atoms with E-state index in [1.165, 1.54) is 0 Å². The molecule has 1 aromatic carbocycles. The Bertz CT molecular complexity index is 604. The van der Waals surface area contributed by atoms with E-state index in [0.29, 0.717) is 6.42 Å². The Morgan fingerprint density at radius 2 is 2.00 bits per heavy atom. The molecular formula is C15H17Br2NOS. The Kier molecular flexibility index (Phi) is 5.05. The van der Waals surface area contributed by atoms with Gasteiger partial charge in [0, 0.05) is 26.2 Å². The molecule has 1 aromatic heterocycles. The molecule has 2 aromatic rings. The molecule has 5 heteroatoms. The molecule has 0 saturated carbocycles. The topological polar surface area (TPSA) is 33.1 Å². The summed E-state index contributed by atoms with van der Waals surface area (Å²) < 4.78 is 1.88. The van der Waals surface area contributed by atoms with Crippen molar-refractivity contribution in [2.24, 2.45) is 0 Å². The van der Waals surface area contributed by atoms with Crippen LogP contribution in [0.15, 0.2) is 32.5 Å².